The van der Waals surface area contributed by atoms with Gasteiger partial charge in [0, 0.05) is 10.8 Å². The highest BCUT2D eigenvalue weighted by molar-refractivity contribution is 6.00. The van der Waals surface area contributed by atoms with E-state index in [2.05, 4.69) is 86.6 Å². The molecule has 0 atom stereocenters. The van der Waals surface area contributed by atoms with Crippen LogP contribution in [0.5, 0.6) is 0 Å². The highest BCUT2D eigenvalue weighted by atomic mass is 16.4. The zero-order valence-electron chi connectivity index (χ0n) is 28.5. The van der Waals surface area contributed by atoms with Crippen LogP contribution in [0.1, 0.15) is 128 Å². The van der Waals surface area contributed by atoms with Gasteiger partial charge in [-0.15, -0.1) is 0 Å². The summed E-state index contributed by atoms with van der Waals surface area (Å²) in [7, 11) is 0. The number of unbranched alkanes of at least 4 members (excludes halogenated alkanes) is 14. The van der Waals surface area contributed by atoms with E-state index in [1.807, 2.05) is 0 Å². The van der Waals surface area contributed by atoms with Crippen molar-refractivity contribution in [3.63, 3.8) is 0 Å². The van der Waals surface area contributed by atoms with Crippen molar-refractivity contribution < 1.29 is 8.83 Å². The second-order valence-corrected chi connectivity index (χ2v) is 13.8. The molecule has 0 aliphatic carbocycles. The molecule has 0 amide bonds. The lowest BCUT2D eigenvalue weighted by Gasteiger charge is -2.05. The Morgan fingerprint density at radius 3 is 1.15 bits per heavy atom. The third kappa shape index (κ3) is 8.44. The molecule has 0 bridgehead atoms. The first kappa shape index (κ1) is 32.4. The number of fused-ring (bicyclic) bond motifs is 4. The summed E-state index contributed by atoms with van der Waals surface area (Å²) in [4.78, 5) is 0. The van der Waals surface area contributed by atoms with Crippen molar-refractivity contribution in [2.24, 2.45) is 0 Å². The molecular weight excluding hydrogens is 560 g/mol. The van der Waals surface area contributed by atoms with E-state index in [4.69, 9.17) is 8.83 Å². The van der Waals surface area contributed by atoms with Crippen LogP contribution >= 0.6 is 0 Å². The molecule has 2 heteroatoms. The molecule has 2 heterocycles. The molecule has 0 radical (unpaired) electrons. The van der Waals surface area contributed by atoms with E-state index in [0.29, 0.717) is 0 Å². The number of furan rings is 2. The fourth-order valence-electron chi connectivity index (χ4n) is 7.15. The Labute approximate surface area is 276 Å². The Hall–Kier alpha value is -3.52. The average molecular weight is 615 g/mol. The Bertz CT molecular complexity index is 1700. The fraction of sp³-hybridized carbons (Fsp3) is 0.455. The van der Waals surface area contributed by atoms with Gasteiger partial charge in [-0.3, -0.25) is 0 Å². The van der Waals surface area contributed by atoms with Crippen LogP contribution in [0.15, 0.2) is 81.6 Å². The topological polar surface area (TPSA) is 26.3 Å². The van der Waals surface area contributed by atoms with Crippen LogP contribution in [0.4, 0.5) is 0 Å². The van der Waals surface area contributed by atoms with Crippen molar-refractivity contribution in [2.75, 3.05) is 0 Å². The maximum absolute atomic E-state index is 6.36. The van der Waals surface area contributed by atoms with Crippen LogP contribution in [0.3, 0.4) is 0 Å². The minimum atomic E-state index is 0.792. The maximum Gasteiger partial charge on any atom is 0.170 e. The second kappa shape index (κ2) is 16.3. The fourth-order valence-corrected chi connectivity index (χ4v) is 7.15. The number of rotatable bonds is 19. The molecule has 2 nitrogen and oxygen atoms in total. The van der Waals surface area contributed by atoms with E-state index in [0.717, 1.165) is 46.3 Å². The molecule has 0 N–H and O–H groups in total. The van der Waals surface area contributed by atoms with Crippen LogP contribution in [-0.2, 0) is 12.8 Å². The van der Waals surface area contributed by atoms with Crippen LogP contribution in [0.2, 0.25) is 0 Å². The molecule has 0 aliphatic rings. The molecule has 0 unspecified atom stereocenters. The summed E-state index contributed by atoms with van der Waals surface area (Å²) in [6.07, 6.45) is 24.1. The van der Waals surface area contributed by atoms with Crippen molar-refractivity contribution in [2.45, 2.75) is 129 Å². The maximum atomic E-state index is 6.36. The summed E-state index contributed by atoms with van der Waals surface area (Å²) in [5.41, 5.74) is 4.70. The third-order valence-electron chi connectivity index (χ3n) is 9.96. The first-order valence-corrected chi connectivity index (χ1v) is 18.6. The van der Waals surface area contributed by atoms with Crippen molar-refractivity contribution in [3.8, 4) is 11.5 Å². The van der Waals surface area contributed by atoms with Crippen LogP contribution in [0.25, 0.3) is 55.0 Å². The van der Waals surface area contributed by atoms with E-state index in [1.54, 1.807) is 0 Å². The molecule has 242 valence electrons. The van der Waals surface area contributed by atoms with Gasteiger partial charge in [0.25, 0.3) is 0 Å². The number of aryl methyl sites for hydroxylation is 2. The Morgan fingerprint density at radius 2 is 0.739 bits per heavy atom. The second-order valence-electron chi connectivity index (χ2n) is 13.8. The lowest BCUT2D eigenvalue weighted by molar-refractivity contribution is 0.569. The first-order chi connectivity index (χ1) is 22.7. The molecule has 6 rings (SSSR count). The number of benzene rings is 4. The van der Waals surface area contributed by atoms with Gasteiger partial charge in [0.15, 0.2) is 11.5 Å². The summed E-state index contributed by atoms with van der Waals surface area (Å²) in [6, 6.07) is 27.0. The molecule has 0 fully saturated rings. The highest BCUT2D eigenvalue weighted by Crippen LogP contribution is 2.36. The van der Waals surface area contributed by atoms with Crippen LogP contribution in [0, 0.1) is 0 Å². The van der Waals surface area contributed by atoms with Gasteiger partial charge in [-0.2, -0.15) is 0 Å². The minimum absolute atomic E-state index is 0.792. The zero-order valence-corrected chi connectivity index (χ0v) is 28.5. The lowest BCUT2D eigenvalue weighted by atomic mass is 10.0. The smallest absolute Gasteiger partial charge is 0.170 e. The number of hydrogen-bond donors (Lipinski definition) is 0. The van der Waals surface area contributed by atoms with E-state index >= 15 is 0 Å². The van der Waals surface area contributed by atoms with Crippen molar-refractivity contribution in [1.29, 1.82) is 0 Å². The van der Waals surface area contributed by atoms with Gasteiger partial charge in [0.1, 0.15) is 11.2 Å². The number of hydrogen-bond acceptors (Lipinski definition) is 2. The summed E-state index contributed by atoms with van der Waals surface area (Å²) in [6.45, 7) is 4.57. The molecule has 0 aliphatic heterocycles. The van der Waals surface area contributed by atoms with E-state index < -0.39 is 0 Å². The largest absolute Gasteiger partial charge is 0.453 e. The van der Waals surface area contributed by atoms with Gasteiger partial charge in [0.05, 0.1) is 0 Å². The SMILES string of the molecule is CCCCCCCCCCc1ccc2cc3oc(-c4cc5cc6cc(CCCCCCCCCC)ccc6cc5o4)cc3cc2c1. The minimum Gasteiger partial charge on any atom is -0.453 e. The Kier molecular flexibility index (Phi) is 11.5. The quantitative estimate of drug-likeness (QED) is 0.0848. The molecule has 0 spiro atoms. The van der Waals surface area contributed by atoms with Crippen molar-refractivity contribution >= 4 is 43.5 Å². The zero-order chi connectivity index (χ0) is 31.6. The van der Waals surface area contributed by atoms with Gasteiger partial charge >= 0.3 is 0 Å². The van der Waals surface area contributed by atoms with Crippen LogP contribution in [-0.4, -0.2) is 0 Å². The average Bonchev–Trinajstić information content (AvgIpc) is 3.68. The normalized spacial score (nSPS) is 12.0. The molecule has 0 saturated heterocycles. The lowest BCUT2D eigenvalue weighted by Crippen LogP contribution is -1.87. The van der Waals surface area contributed by atoms with Gasteiger partial charge in [-0.05, 0) is 94.8 Å². The monoisotopic (exact) mass is 614 g/mol. The van der Waals surface area contributed by atoms with Gasteiger partial charge < -0.3 is 8.83 Å². The van der Waals surface area contributed by atoms with Gasteiger partial charge in [0.2, 0.25) is 0 Å². The van der Waals surface area contributed by atoms with E-state index in [-0.39, 0.29) is 0 Å². The standard InChI is InChI=1S/C44H54O2/c1-3-5-7-9-11-13-15-17-19-33-21-23-35-29-41-39(27-37(35)25-33)31-43(45-41)44-32-40-28-38-26-34(22-24-36(38)30-42(40)46-44)20-18-16-14-12-10-8-6-4-2/h21-32H,3-20H2,1-2H3. The van der Waals surface area contributed by atoms with E-state index in [9.17, 15) is 0 Å². The first-order valence-electron chi connectivity index (χ1n) is 18.6. The highest BCUT2D eigenvalue weighted by Gasteiger charge is 2.14. The summed E-state index contributed by atoms with van der Waals surface area (Å²) >= 11 is 0. The Balaban J connectivity index is 1.09. The molecule has 2 aromatic heterocycles. The molecule has 0 saturated carbocycles. The molecule has 4 aromatic carbocycles. The summed E-state index contributed by atoms with van der Waals surface area (Å²) in [5, 5.41) is 7.29. The molecule has 6 aromatic rings. The van der Waals surface area contributed by atoms with Crippen LogP contribution < -0.4 is 0 Å². The van der Waals surface area contributed by atoms with Crippen molar-refractivity contribution in [1.82, 2.24) is 0 Å². The molecule has 46 heavy (non-hydrogen) atoms. The van der Waals surface area contributed by atoms with Crippen molar-refractivity contribution in [3.05, 3.63) is 83.9 Å². The predicted molar refractivity (Wildman–Crippen MR) is 199 cm³/mol. The summed E-state index contributed by atoms with van der Waals surface area (Å²) < 4.78 is 12.7. The predicted octanol–water partition coefficient (Wildman–Crippen LogP) is 14.5. The summed E-state index contributed by atoms with van der Waals surface area (Å²) in [5.74, 6) is 1.58. The van der Waals surface area contributed by atoms with Gasteiger partial charge in [-0.1, -0.05) is 140 Å². The third-order valence-corrected chi connectivity index (χ3v) is 9.96. The van der Waals surface area contributed by atoms with Gasteiger partial charge in [-0.25, -0.2) is 0 Å². The van der Waals surface area contributed by atoms with E-state index in [1.165, 1.54) is 135 Å². The Morgan fingerprint density at radius 1 is 0.348 bits per heavy atom. The molecular formula is C44H54O2.